The van der Waals surface area contributed by atoms with Crippen LogP contribution in [0, 0.1) is 6.92 Å². The van der Waals surface area contributed by atoms with Gasteiger partial charge in [0.2, 0.25) is 11.8 Å². The number of anilines is 1. The molecule has 2 amide bonds. The number of nitrogens with zero attached hydrogens (tertiary/aromatic N) is 2. The van der Waals surface area contributed by atoms with Crippen LogP contribution in [0.3, 0.4) is 0 Å². The maximum absolute atomic E-state index is 14.0. The number of amides is 2. The van der Waals surface area contributed by atoms with Gasteiger partial charge >= 0.3 is 0 Å². The first-order chi connectivity index (χ1) is 18.5. The molecule has 0 aliphatic rings. The second-order valence-electron chi connectivity index (χ2n) is 8.89. The number of benzene rings is 3. The van der Waals surface area contributed by atoms with Crippen LogP contribution in [-0.4, -0.2) is 44.3 Å². The maximum atomic E-state index is 14.0. The Balaban J connectivity index is 2.10. The van der Waals surface area contributed by atoms with Gasteiger partial charge in [-0.25, -0.2) is 8.42 Å². The lowest BCUT2D eigenvalue weighted by atomic mass is 10.1. The Kier molecular flexibility index (Phi) is 10.7. The largest absolute Gasteiger partial charge is 0.355 e. The molecule has 0 spiro atoms. The lowest BCUT2D eigenvalue weighted by molar-refractivity contribution is -0.140. The lowest BCUT2D eigenvalue weighted by Crippen LogP contribution is -2.52. The number of hydrogen-bond donors (Lipinski definition) is 1. The topological polar surface area (TPSA) is 86.8 Å². The van der Waals surface area contributed by atoms with E-state index in [0.29, 0.717) is 18.0 Å². The average Bonchev–Trinajstić information content (AvgIpc) is 2.90. The molecule has 0 fully saturated rings. The van der Waals surface area contributed by atoms with Crippen LogP contribution in [0.4, 0.5) is 5.69 Å². The maximum Gasteiger partial charge on any atom is 0.264 e. The highest BCUT2D eigenvalue weighted by Crippen LogP contribution is 2.33. The summed E-state index contributed by atoms with van der Waals surface area (Å²) in [7, 11) is -4.26. The third kappa shape index (κ3) is 7.66. The normalized spacial score (nSPS) is 12.1. The second kappa shape index (κ2) is 13.5. The summed E-state index contributed by atoms with van der Waals surface area (Å²) in [5.74, 6) is -0.925. The molecular formula is C28H30Cl3N3O4S. The molecule has 7 nitrogen and oxygen atoms in total. The standard InChI is InChI=1S/C28H30Cl3N3O4S/c1-4-25(28(36)32-5-2)33(17-20-8-10-21(29)11-9-20)27(35)18-34(26-16-22(30)12-15-24(26)31)39(37,38)23-13-6-19(3)7-14-23/h6-16,25H,4-5,17-18H2,1-3H3,(H,32,36). The molecular weight excluding hydrogens is 581 g/mol. The molecule has 0 bridgehead atoms. The lowest BCUT2D eigenvalue weighted by Gasteiger charge is -2.33. The van der Waals surface area contributed by atoms with E-state index in [9.17, 15) is 18.0 Å². The van der Waals surface area contributed by atoms with Crippen LogP contribution in [0.2, 0.25) is 15.1 Å². The van der Waals surface area contributed by atoms with Gasteiger partial charge in [0.15, 0.2) is 0 Å². The summed E-state index contributed by atoms with van der Waals surface area (Å²) in [6, 6.07) is 16.7. The van der Waals surface area contributed by atoms with Crippen LogP contribution in [0.1, 0.15) is 31.4 Å². The minimum absolute atomic E-state index is 0.0167. The van der Waals surface area contributed by atoms with E-state index in [0.717, 1.165) is 15.4 Å². The van der Waals surface area contributed by atoms with Crippen molar-refractivity contribution < 1.29 is 18.0 Å². The Bertz CT molecular complexity index is 1410. The van der Waals surface area contributed by atoms with Gasteiger partial charge in [0.25, 0.3) is 10.0 Å². The highest BCUT2D eigenvalue weighted by atomic mass is 35.5. The summed E-state index contributed by atoms with van der Waals surface area (Å²) in [6.07, 6.45) is 0.313. The molecule has 208 valence electrons. The number of carbonyl (C=O) groups excluding carboxylic acids is 2. The van der Waals surface area contributed by atoms with Gasteiger partial charge in [-0.05, 0) is 68.3 Å². The van der Waals surface area contributed by atoms with E-state index in [1.807, 2.05) is 6.92 Å². The summed E-state index contributed by atoms with van der Waals surface area (Å²) in [5.41, 5.74) is 1.65. The molecule has 39 heavy (non-hydrogen) atoms. The molecule has 3 aromatic rings. The van der Waals surface area contributed by atoms with Gasteiger partial charge in [-0.2, -0.15) is 0 Å². The van der Waals surface area contributed by atoms with E-state index >= 15 is 0 Å². The van der Waals surface area contributed by atoms with E-state index in [4.69, 9.17) is 34.8 Å². The van der Waals surface area contributed by atoms with Gasteiger partial charge in [0.05, 0.1) is 15.6 Å². The average molecular weight is 611 g/mol. The van der Waals surface area contributed by atoms with Crippen LogP contribution in [0.15, 0.2) is 71.6 Å². The summed E-state index contributed by atoms with van der Waals surface area (Å²) in [4.78, 5) is 28.3. The fourth-order valence-electron chi connectivity index (χ4n) is 4.03. The second-order valence-corrected chi connectivity index (χ2v) is 12.0. The van der Waals surface area contributed by atoms with E-state index in [-0.39, 0.29) is 33.1 Å². The van der Waals surface area contributed by atoms with Crippen molar-refractivity contribution in [2.45, 2.75) is 44.7 Å². The van der Waals surface area contributed by atoms with Gasteiger partial charge in [0.1, 0.15) is 12.6 Å². The number of halogens is 3. The van der Waals surface area contributed by atoms with Crippen molar-refractivity contribution in [3.63, 3.8) is 0 Å². The predicted octanol–water partition coefficient (Wildman–Crippen LogP) is 6.09. The quantitative estimate of drug-likeness (QED) is 0.285. The molecule has 0 saturated carbocycles. The van der Waals surface area contributed by atoms with E-state index in [2.05, 4.69) is 5.32 Å². The van der Waals surface area contributed by atoms with E-state index < -0.39 is 28.5 Å². The molecule has 0 radical (unpaired) electrons. The Morgan fingerprint density at radius 3 is 2.10 bits per heavy atom. The summed E-state index contributed by atoms with van der Waals surface area (Å²) < 4.78 is 28.7. The van der Waals surface area contributed by atoms with Crippen molar-refractivity contribution in [2.75, 3.05) is 17.4 Å². The van der Waals surface area contributed by atoms with Crippen LogP contribution < -0.4 is 9.62 Å². The number of hydrogen-bond acceptors (Lipinski definition) is 4. The van der Waals surface area contributed by atoms with E-state index in [1.54, 1.807) is 50.2 Å². The highest BCUT2D eigenvalue weighted by molar-refractivity contribution is 7.92. The number of aryl methyl sites for hydroxylation is 1. The molecule has 0 saturated heterocycles. The van der Waals surface area contributed by atoms with E-state index in [1.165, 1.54) is 35.2 Å². The number of sulfonamides is 1. The fourth-order valence-corrected chi connectivity index (χ4v) is 6.01. The van der Waals surface area contributed by atoms with Gasteiger partial charge < -0.3 is 10.2 Å². The van der Waals surface area contributed by atoms with Crippen LogP contribution in [0.25, 0.3) is 0 Å². The number of rotatable bonds is 11. The molecule has 0 aliphatic heterocycles. The zero-order chi connectivity index (χ0) is 28.7. The minimum atomic E-state index is -4.26. The van der Waals surface area contributed by atoms with Crippen molar-refractivity contribution in [3.05, 3.63) is 92.9 Å². The SMILES string of the molecule is CCNC(=O)C(CC)N(Cc1ccc(Cl)cc1)C(=O)CN(c1cc(Cl)ccc1Cl)S(=O)(=O)c1ccc(C)cc1. The van der Waals surface area contributed by atoms with Crippen molar-refractivity contribution >= 4 is 62.3 Å². The van der Waals surface area contributed by atoms with Crippen molar-refractivity contribution in [3.8, 4) is 0 Å². The first-order valence-electron chi connectivity index (χ1n) is 12.3. The molecule has 11 heteroatoms. The zero-order valence-electron chi connectivity index (χ0n) is 21.8. The molecule has 3 rings (SSSR count). The first kappa shape index (κ1) is 30.8. The van der Waals surface area contributed by atoms with Gasteiger partial charge in [-0.3, -0.25) is 13.9 Å². The molecule has 3 aromatic carbocycles. The van der Waals surface area contributed by atoms with Gasteiger partial charge in [-0.15, -0.1) is 0 Å². The smallest absolute Gasteiger partial charge is 0.264 e. The van der Waals surface area contributed by atoms with Crippen LogP contribution in [0.5, 0.6) is 0 Å². The molecule has 0 heterocycles. The number of nitrogens with one attached hydrogen (secondary N) is 1. The van der Waals surface area contributed by atoms with Gasteiger partial charge in [0, 0.05) is 23.1 Å². The fraction of sp³-hybridized carbons (Fsp3) is 0.286. The molecule has 1 N–H and O–H groups in total. The first-order valence-corrected chi connectivity index (χ1v) is 14.9. The van der Waals surface area contributed by atoms with Crippen molar-refractivity contribution in [2.24, 2.45) is 0 Å². The van der Waals surface area contributed by atoms with Crippen molar-refractivity contribution in [1.29, 1.82) is 0 Å². The molecule has 0 aliphatic carbocycles. The highest BCUT2D eigenvalue weighted by Gasteiger charge is 2.34. The summed E-state index contributed by atoms with van der Waals surface area (Å²) in [6.45, 7) is 5.24. The van der Waals surface area contributed by atoms with Crippen LogP contribution in [-0.2, 0) is 26.2 Å². The summed E-state index contributed by atoms with van der Waals surface area (Å²) >= 11 is 18.7. The predicted molar refractivity (Wildman–Crippen MR) is 157 cm³/mol. The minimum Gasteiger partial charge on any atom is -0.355 e. The monoisotopic (exact) mass is 609 g/mol. The third-order valence-electron chi connectivity index (χ3n) is 6.07. The van der Waals surface area contributed by atoms with Crippen molar-refractivity contribution in [1.82, 2.24) is 10.2 Å². The van der Waals surface area contributed by atoms with Crippen LogP contribution >= 0.6 is 34.8 Å². The molecule has 1 unspecified atom stereocenters. The Hall–Kier alpha value is -2.78. The molecule has 0 aromatic heterocycles. The third-order valence-corrected chi connectivity index (χ3v) is 8.65. The van der Waals surface area contributed by atoms with Gasteiger partial charge in [-0.1, -0.05) is 71.6 Å². The molecule has 1 atom stereocenters. The Morgan fingerprint density at radius 2 is 1.51 bits per heavy atom. The Labute approximate surface area is 244 Å². The number of likely N-dealkylation sites (N-methyl/N-ethyl adjacent to an activating group) is 1. The zero-order valence-corrected chi connectivity index (χ0v) is 24.9. The number of carbonyl (C=O) groups is 2. The Morgan fingerprint density at radius 1 is 0.897 bits per heavy atom. The summed E-state index contributed by atoms with van der Waals surface area (Å²) in [5, 5.41) is 3.64.